The minimum atomic E-state index is -0.154. The fourth-order valence-corrected chi connectivity index (χ4v) is 3.51. The molecule has 18 heavy (non-hydrogen) atoms. The Bertz CT molecular complexity index is 381. The SMILES string of the molecule is COC(=O)CCc1csc(C2CCCCCC2)n1. The van der Waals surface area contributed by atoms with Crippen molar-refractivity contribution in [2.75, 3.05) is 7.11 Å². The van der Waals surface area contributed by atoms with Crippen LogP contribution in [0.4, 0.5) is 0 Å². The van der Waals surface area contributed by atoms with Gasteiger partial charge >= 0.3 is 5.97 Å². The van der Waals surface area contributed by atoms with Crippen LogP contribution in [0.15, 0.2) is 5.38 Å². The molecule has 0 spiro atoms. The molecule has 0 aromatic carbocycles. The third-order valence-electron chi connectivity index (χ3n) is 3.59. The maximum Gasteiger partial charge on any atom is 0.305 e. The van der Waals surface area contributed by atoms with Crippen molar-refractivity contribution in [2.24, 2.45) is 0 Å². The lowest BCUT2D eigenvalue weighted by Crippen LogP contribution is -2.02. The molecule has 1 fully saturated rings. The van der Waals surface area contributed by atoms with Gasteiger partial charge < -0.3 is 4.74 Å². The van der Waals surface area contributed by atoms with Gasteiger partial charge in [0.2, 0.25) is 0 Å². The highest BCUT2D eigenvalue weighted by molar-refractivity contribution is 7.09. The predicted octanol–water partition coefficient (Wildman–Crippen LogP) is 3.69. The molecule has 1 aromatic heterocycles. The van der Waals surface area contributed by atoms with E-state index in [0.717, 1.165) is 5.69 Å². The Morgan fingerprint density at radius 1 is 1.39 bits per heavy atom. The molecular weight excluding hydrogens is 246 g/mol. The minimum Gasteiger partial charge on any atom is -0.469 e. The van der Waals surface area contributed by atoms with Gasteiger partial charge in [0.1, 0.15) is 0 Å². The van der Waals surface area contributed by atoms with Crippen molar-refractivity contribution in [3.05, 3.63) is 16.1 Å². The summed E-state index contributed by atoms with van der Waals surface area (Å²) in [7, 11) is 1.43. The van der Waals surface area contributed by atoms with Gasteiger partial charge in [-0.05, 0) is 12.8 Å². The number of carbonyl (C=O) groups excluding carboxylic acids is 1. The first-order valence-electron chi connectivity index (χ1n) is 6.80. The zero-order valence-corrected chi connectivity index (χ0v) is 11.8. The van der Waals surface area contributed by atoms with E-state index in [0.29, 0.717) is 18.8 Å². The maximum atomic E-state index is 11.1. The number of nitrogens with zero attached hydrogens (tertiary/aromatic N) is 1. The fourth-order valence-electron chi connectivity index (χ4n) is 2.48. The summed E-state index contributed by atoms with van der Waals surface area (Å²) in [5.41, 5.74) is 1.05. The van der Waals surface area contributed by atoms with Crippen molar-refractivity contribution < 1.29 is 9.53 Å². The van der Waals surface area contributed by atoms with Crippen LogP contribution in [0.5, 0.6) is 0 Å². The van der Waals surface area contributed by atoms with Crippen molar-refractivity contribution in [3.8, 4) is 0 Å². The molecule has 1 aliphatic rings. The second kappa shape index (κ2) is 6.88. The van der Waals surface area contributed by atoms with Crippen LogP contribution in [0, 0.1) is 0 Å². The van der Waals surface area contributed by atoms with Gasteiger partial charge in [0.25, 0.3) is 0 Å². The molecule has 0 saturated heterocycles. The monoisotopic (exact) mass is 267 g/mol. The normalized spacial score (nSPS) is 17.4. The van der Waals surface area contributed by atoms with Crippen LogP contribution in [0.3, 0.4) is 0 Å². The standard InChI is InChI=1S/C14H21NO2S/c1-17-13(16)9-8-12-10-18-14(15-12)11-6-4-2-3-5-7-11/h10-11H,2-9H2,1H3. The van der Waals surface area contributed by atoms with E-state index >= 15 is 0 Å². The molecule has 1 saturated carbocycles. The van der Waals surface area contributed by atoms with Gasteiger partial charge in [-0.1, -0.05) is 25.7 Å². The summed E-state index contributed by atoms with van der Waals surface area (Å²) in [6.45, 7) is 0. The largest absolute Gasteiger partial charge is 0.469 e. The molecule has 0 atom stereocenters. The Kier molecular flexibility index (Phi) is 5.17. The Balaban J connectivity index is 1.90. The molecule has 0 aliphatic heterocycles. The molecule has 1 heterocycles. The van der Waals surface area contributed by atoms with Gasteiger partial charge in [0, 0.05) is 17.7 Å². The molecule has 0 N–H and O–H groups in total. The molecule has 3 nitrogen and oxygen atoms in total. The third kappa shape index (κ3) is 3.80. The second-order valence-electron chi connectivity index (χ2n) is 4.94. The first kappa shape index (κ1) is 13.5. The van der Waals surface area contributed by atoms with Gasteiger partial charge in [0.15, 0.2) is 0 Å². The summed E-state index contributed by atoms with van der Waals surface area (Å²) in [6.07, 6.45) is 9.12. The Morgan fingerprint density at radius 2 is 2.11 bits per heavy atom. The zero-order chi connectivity index (χ0) is 12.8. The van der Waals surface area contributed by atoms with Gasteiger partial charge in [-0.15, -0.1) is 11.3 Å². The molecule has 100 valence electrons. The van der Waals surface area contributed by atoms with Crippen LogP contribution in [0.1, 0.15) is 61.6 Å². The lowest BCUT2D eigenvalue weighted by Gasteiger charge is -2.09. The average molecular weight is 267 g/mol. The summed E-state index contributed by atoms with van der Waals surface area (Å²) in [5.74, 6) is 0.503. The minimum absolute atomic E-state index is 0.154. The van der Waals surface area contributed by atoms with Crippen molar-refractivity contribution in [1.82, 2.24) is 4.98 Å². The van der Waals surface area contributed by atoms with E-state index in [1.165, 1.54) is 50.6 Å². The first-order valence-corrected chi connectivity index (χ1v) is 7.68. The van der Waals surface area contributed by atoms with Crippen LogP contribution < -0.4 is 0 Å². The summed E-state index contributed by atoms with van der Waals surface area (Å²) in [6, 6.07) is 0. The van der Waals surface area contributed by atoms with Crippen molar-refractivity contribution in [3.63, 3.8) is 0 Å². The van der Waals surface area contributed by atoms with Crippen LogP contribution in [-0.2, 0) is 16.0 Å². The van der Waals surface area contributed by atoms with Crippen LogP contribution in [0.2, 0.25) is 0 Å². The zero-order valence-electron chi connectivity index (χ0n) is 11.0. The molecule has 0 amide bonds. The number of ether oxygens (including phenoxy) is 1. The second-order valence-corrected chi connectivity index (χ2v) is 5.83. The van der Waals surface area contributed by atoms with E-state index in [1.807, 2.05) is 0 Å². The van der Waals surface area contributed by atoms with Gasteiger partial charge in [-0.2, -0.15) is 0 Å². The van der Waals surface area contributed by atoms with Crippen molar-refractivity contribution in [2.45, 2.75) is 57.3 Å². The lowest BCUT2D eigenvalue weighted by atomic mass is 10.0. The van der Waals surface area contributed by atoms with E-state index < -0.39 is 0 Å². The maximum absolute atomic E-state index is 11.1. The van der Waals surface area contributed by atoms with Crippen molar-refractivity contribution in [1.29, 1.82) is 0 Å². The van der Waals surface area contributed by atoms with Gasteiger partial charge in [-0.3, -0.25) is 4.79 Å². The number of hydrogen-bond donors (Lipinski definition) is 0. The Labute approximate surface area is 113 Å². The number of carbonyl (C=O) groups is 1. The first-order chi connectivity index (χ1) is 8.79. The molecule has 0 radical (unpaired) electrons. The van der Waals surface area contributed by atoms with Crippen molar-refractivity contribution >= 4 is 17.3 Å². The molecule has 0 unspecified atom stereocenters. The topological polar surface area (TPSA) is 39.2 Å². The van der Waals surface area contributed by atoms with Crippen LogP contribution in [0.25, 0.3) is 0 Å². The summed E-state index contributed by atoms with van der Waals surface area (Å²) < 4.78 is 4.65. The molecular formula is C14H21NO2S. The quantitative estimate of drug-likeness (QED) is 0.617. The number of aromatic nitrogens is 1. The molecule has 2 rings (SSSR count). The number of aryl methyl sites for hydroxylation is 1. The highest BCUT2D eigenvalue weighted by Gasteiger charge is 2.17. The van der Waals surface area contributed by atoms with E-state index in [-0.39, 0.29) is 5.97 Å². The Morgan fingerprint density at radius 3 is 2.78 bits per heavy atom. The number of esters is 1. The van der Waals surface area contributed by atoms with E-state index in [9.17, 15) is 4.79 Å². The average Bonchev–Trinajstić information content (AvgIpc) is 2.69. The predicted molar refractivity (Wildman–Crippen MR) is 72.9 cm³/mol. The number of methoxy groups -OCH3 is 1. The van der Waals surface area contributed by atoms with Crippen LogP contribution >= 0.6 is 11.3 Å². The summed E-state index contributed by atoms with van der Waals surface area (Å²) in [4.78, 5) is 15.8. The molecule has 1 aromatic rings. The third-order valence-corrected chi connectivity index (χ3v) is 4.64. The fraction of sp³-hybridized carbons (Fsp3) is 0.714. The molecule has 0 bridgehead atoms. The smallest absolute Gasteiger partial charge is 0.305 e. The highest BCUT2D eigenvalue weighted by Crippen LogP contribution is 2.33. The van der Waals surface area contributed by atoms with Gasteiger partial charge in [-0.25, -0.2) is 4.98 Å². The van der Waals surface area contributed by atoms with E-state index in [1.54, 1.807) is 11.3 Å². The summed E-state index contributed by atoms with van der Waals surface area (Å²) in [5, 5.41) is 3.38. The number of thiazole rings is 1. The molecule has 1 aliphatic carbocycles. The molecule has 4 heteroatoms. The lowest BCUT2D eigenvalue weighted by molar-refractivity contribution is -0.140. The number of rotatable bonds is 4. The number of hydrogen-bond acceptors (Lipinski definition) is 4. The summed E-state index contributed by atoms with van der Waals surface area (Å²) >= 11 is 1.76. The van der Waals surface area contributed by atoms with Crippen LogP contribution in [-0.4, -0.2) is 18.1 Å². The van der Waals surface area contributed by atoms with Gasteiger partial charge in [0.05, 0.1) is 24.2 Å². The highest BCUT2D eigenvalue weighted by atomic mass is 32.1. The van der Waals surface area contributed by atoms with E-state index in [2.05, 4.69) is 10.1 Å². The van der Waals surface area contributed by atoms with E-state index in [4.69, 9.17) is 4.98 Å². The Hall–Kier alpha value is -0.900.